The van der Waals surface area contributed by atoms with E-state index in [1.54, 1.807) is 36.0 Å². The Labute approximate surface area is 145 Å². The first-order valence-corrected chi connectivity index (χ1v) is 10.5. The molecule has 5 nitrogen and oxygen atoms in total. The number of rotatable bonds is 8. The van der Waals surface area contributed by atoms with E-state index in [2.05, 4.69) is 9.69 Å². The van der Waals surface area contributed by atoms with E-state index in [0.29, 0.717) is 6.54 Å². The third kappa shape index (κ3) is 5.89. The first-order valence-electron chi connectivity index (χ1n) is 6.97. The van der Waals surface area contributed by atoms with Crippen molar-refractivity contribution >= 4 is 33.1 Å². The third-order valence-corrected chi connectivity index (χ3v) is 6.03. The molecule has 0 saturated carbocycles. The topological polar surface area (TPSA) is 85.1 Å². The van der Waals surface area contributed by atoms with Gasteiger partial charge in [-0.25, -0.2) is 8.42 Å². The van der Waals surface area contributed by atoms with Gasteiger partial charge in [-0.15, -0.1) is 0 Å². The van der Waals surface area contributed by atoms with Crippen molar-refractivity contribution < 1.29 is 8.42 Å². The summed E-state index contributed by atoms with van der Waals surface area (Å²) in [5.74, 6) is 1.81. The molecule has 3 N–H and O–H groups in total. The molecule has 2 rings (SSSR count). The average molecular weight is 370 g/mol. The van der Waals surface area contributed by atoms with E-state index in [-0.39, 0.29) is 10.7 Å². The van der Waals surface area contributed by atoms with Gasteiger partial charge in [0, 0.05) is 23.4 Å². The van der Waals surface area contributed by atoms with Gasteiger partial charge in [0.25, 0.3) is 0 Å². The molecule has 8 heteroatoms. The molecule has 2 aromatic rings. The number of hydrogen-bond donors (Lipinski definition) is 2. The quantitative estimate of drug-likeness (QED) is 0.696. The zero-order valence-electron chi connectivity index (χ0n) is 12.7. The van der Waals surface area contributed by atoms with Crippen molar-refractivity contribution in [1.29, 1.82) is 0 Å². The molecule has 0 amide bonds. The van der Waals surface area contributed by atoms with E-state index in [1.807, 2.05) is 18.4 Å². The van der Waals surface area contributed by atoms with Crippen molar-refractivity contribution in [3.63, 3.8) is 0 Å². The van der Waals surface area contributed by atoms with Gasteiger partial charge in [-0.3, -0.25) is 0 Å². The van der Waals surface area contributed by atoms with Gasteiger partial charge in [-0.05, 0) is 36.7 Å². The van der Waals surface area contributed by atoms with E-state index >= 15 is 0 Å². The minimum Gasteiger partial charge on any atom is -0.385 e. The monoisotopic (exact) mass is 369 g/mol. The Bertz CT molecular complexity index is 739. The van der Waals surface area contributed by atoms with E-state index in [4.69, 9.17) is 5.73 Å². The van der Waals surface area contributed by atoms with Crippen molar-refractivity contribution in [1.82, 2.24) is 9.69 Å². The summed E-state index contributed by atoms with van der Waals surface area (Å²) in [6.45, 7) is 2.51. The molecule has 0 bridgehead atoms. The third-order valence-electron chi connectivity index (χ3n) is 2.95. The van der Waals surface area contributed by atoms with Crippen LogP contribution in [-0.4, -0.2) is 25.1 Å². The van der Waals surface area contributed by atoms with Gasteiger partial charge in [0.15, 0.2) is 0 Å². The van der Waals surface area contributed by atoms with Crippen LogP contribution >= 0.6 is 23.3 Å². The van der Waals surface area contributed by atoms with E-state index in [1.165, 1.54) is 11.5 Å². The van der Waals surface area contributed by atoms with Crippen molar-refractivity contribution in [2.24, 2.45) is 5.73 Å². The summed E-state index contributed by atoms with van der Waals surface area (Å²) < 4.78 is 28.6. The van der Waals surface area contributed by atoms with Gasteiger partial charge in [0.1, 0.15) is 5.82 Å². The lowest BCUT2D eigenvalue weighted by Gasteiger charge is -2.07. The van der Waals surface area contributed by atoms with Crippen LogP contribution in [0.5, 0.6) is 0 Å². The second-order valence-corrected chi connectivity index (χ2v) is 8.47. The number of sulfone groups is 1. The summed E-state index contributed by atoms with van der Waals surface area (Å²) >= 11 is 3.16. The zero-order chi connectivity index (χ0) is 16.7. The fourth-order valence-corrected chi connectivity index (χ4v) is 4.21. The Balaban J connectivity index is 1.80. The Morgan fingerprint density at radius 2 is 2.09 bits per heavy atom. The predicted octanol–water partition coefficient (Wildman–Crippen LogP) is 2.51. The highest BCUT2D eigenvalue weighted by Crippen LogP contribution is 2.14. The van der Waals surface area contributed by atoms with Gasteiger partial charge in [-0.2, -0.15) is 16.1 Å². The smallest absolute Gasteiger partial charge is 0.203 e. The van der Waals surface area contributed by atoms with E-state index < -0.39 is 9.84 Å². The maximum absolute atomic E-state index is 12.2. The molecule has 0 aliphatic heterocycles. The molecule has 0 unspecified atom stereocenters. The van der Waals surface area contributed by atoms with Crippen LogP contribution in [0.4, 0.5) is 0 Å². The van der Waals surface area contributed by atoms with Gasteiger partial charge in [0.2, 0.25) is 9.84 Å². The molecule has 0 atom stereocenters. The number of nitrogens with two attached hydrogens (primary N) is 1. The molecule has 0 radical (unpaired) electrons. The van der Waals surface area contributed by atoms with Gasteiger partial charge >= 0.3 is 0 Å². The maximum atomic E-state index is 12.2. The Hall–Kier alpha value is -1.51. The number of nitrogens with zero attached hydrogens (tertiary/aromatic N) is 1. The average Bonchev–Trinajstić information content (AvgIpc) is 3.00. The van der Waals surface area contributed by atoms with Crippen LogP contribution < -0.4 is 11.1 Å². The molecule has 0 spiro atoms. The largest absolute Gasteiger partial charge is 0.385 e. The second kappa shape index (κ2) is 8.37. The summed E-state index contributed by atoms with van der Waals surface area (Å²) in [5.41, 5.74) is 7.83. The highest BCUT2D eigenvalue weighted by molar-refractivity contribution is 7.98. The summed E-state index contributed by atoms with van der Waals surface area (Å²) in [7, 11) is -3.52. The van der Waals surface area contributed by atoms with Gasteiger partial charge in [-0.1, -0.05) is 17.7 Å². The molecule has 0 saturated heterocycles. The lowest BCUT2D eigenvalue weighted by Crippen LogP contribution is -2.23. The van der Waals surface area contributed by atoms with E-state index in [0.717, 1.165) is 28.2 Å². The minimum atomic E-state index is -3.52. The van der Waals surface area contributed by atoms with Crippen LogP contribution in [0.3, 0.4) is 0 Å². The number of nitrogens with one attached hydrogen (secondary N) is 1. The highest BCUT2D eigenvalue weighted by atomic mass is 32.2. The SMILES string of the molecule is Cc1ccc(S(=O)(=O)C=C(N)NCCSCc2ccsn2)cc1. The van der Waals surface area contributed by atoms with Crippen molar-refractivity contribution in [3.8, 4) is 0 Å². The fraction of sp³-hybridized carbons (Fsp3) is 0.267. The van der Waals surface area contributed by atoms with Crippen LogP contribution in [0.2, 0.25) is 0 Å². The van der Waals surface area contributed by atoms with Crippen LogP contribution in [0.25, 0.3) is 0 Å². The molecule has 0 aliphatic carbocycles. The highest BCUT2D eigenvalue weighted by Gasteiger charge is 2.11. The van der Waals surface area contributed by atoms with Crippen LogP contribution in [0, 0.1) is 6.92 Å². The van der Waals surface area contributed by atoms with Crippen molar-refractivity contribution in [3.05, 3.63) is 58.2 Å². The Morgan fingerprint density at radius 3 is 2.74 bits per heavy atom. The lowest BCUT2D eigenvalue weighted by molar-refractivity contribution is 0.604. The van der Waals surface area contributed by atoms with Crippen molar-refractivity contribution in [2.75, 3.05) is 12.3 Å². The number of benzene rings is 1. The molecule has 1 aromatic carbocycles. The van der Waals surface area contributed by atoms with Gasteiger partial charge in [0.05, 0.1) is 16.0 Å². The lowest BCUT2D eigenvalue weighted by atomic mass is 10.2. The fourth-order valence-electron chi connectivity index (χ4n) is 1.76. The first kappa shape index (κ1) is 17.8. The zero-order valence-corrected chi connectivity index (χ0v) is 15.2. The molecule has 23 heavy (non-hydrogen) atoms. The Morgan fingerprint density at radius 1 is 1.35 bits per heavy atom. The molecule has 0 fully saturated rings. The summed E-state index contributed by atoms with van der Waals surface area (Å²) in [4.78, 5) is 0.241. The summed E-state index contributed by atoms with van der Waals surface area (Å²) in [6, 6.07) is 8.68. The molecular weight excluding hydrogens is 350 g/mol. The number of aryl methyl sites for hydroxylation is 1. The minimum absolute atomic E-state index is 0.153. The molecule has 1 heterocycles. The summed E-state index contributed by atoms with van der Waals surface area (Å²) in [5, 5.41) is 5.94. The maximum Gasteiger partial charge on any atom is 0.203 e. The first-order chi connectivity index (χ1) is 11.0. The summed E-state index contributed by atoms with van der Waals surface area (Å²) in [6.07, 6.45) is 0. The number of hydrogen-bond acceptors (Lipinski definition) is 7. The number of aromatic nitrogens is 1. The Kier molecular flexibility index (Phi) is 6.49. The van der Waals surface area contributed by atoms with Gasteiger partial charge < -0.3 is 11.1 Å². The molecule has 124 valence electrons. The number of thioether (sulfide) groups is 1. The molecule has 0 aliphatic rings. The van der Waals surface area contributed by atoms with Crippen LogP contribution in [0.15, 0.2) is 51.8 Å². The van der Waals surface area contributed by atoms with E-state index in [9.17, 15) is 8.42 Å². The molecular formula is C15H19N3O2S3. The normalized spacial score (nSPS) is 12.3. The van der Waals surface area contributed by atoms with Crippen LogP contribution in [-0.2, 0) is 15.6 Å². The van der Waals surface area contributed by atoms with Crippen molar-refractivity contribution in [2.45, 2.75) is 17.6 Å². The standard InChI is InChI=1S/C15H19N3O2S3/c1-12-2-4-14(5-3-12)23(19,20)11-15(16)17-7-9-21-10-13-6-8-22-18-13/h2-6,8,11,17H,7,9-10,16H2,1H3. The predicted molar refractivity (Wildman–Crippen MR) is 96.9 cm³/mol. The second-order valence-electron chi connectivity index (χ2n) is 4.90. The van der Waals surface area contributed by atoms with Crippen LogP contribution in [0.1, 0.15) is 11.3 Å². The molecule has 1 aromatic heterocycles.